The molecule has 0 aliphatic carbocycles. The van der Waals surface area contributed by atoms with Crippen molar-refractivity contribution in [1.29, 1.82) is 0 Å². The molecular weight excluding hydrogens is 290 g/mol. The number of carbonyl (C=O) groups excluding carboxylic acids is 1. The molecule has 1 unspecified atom stereocenters. The Bertz CT molecular complexity index is 543. The van der Waals surface area contributed by atoms with Crippen molar-refractivity contribution in [3.8, 4) is 0 Å². The SMILES string of the molecule is Cc1nc(CNC(=O)NC(C)Cc2ccsc2)sc1C. The van der Waals surface area contributed by atoms with Crippen molar-refractivity contribution in [2.45, 2.75) is 39.8 Å². The molecule has 2 aromatic heterocycles. The Morgan fingerprint density at radius 2 is 2.25 bits per heavy atom. The van der Waals surface area contributed by atoms with Gasteiger partial charge in [-0.3, -0.25) is 0 Å². The Hall–Kier alpha value is -1.40. The summed E-state index contributed by atoms with van der Waals surface area (Å²) < 4.78 is 0. The molecule has 2 aromatic rings. The van der Waals surface area contributed by atoms with Crippen LogP contribution in [0.25, 0.3) is 0 Å². The van der Waals surface area contributed by atoms with E-state index < -0.39 is 0 Å². The van der Waals surface area contributed by atoms with Gasteiger partial charge >= 0.3 is 6.03 Å². The van der Waals surface area contributed by atoms with Crippen molar-refractivity contribution >= 4 is 28.7 Å². The third-order valence-corrected chi connectivity index (χ3v) is 4.78. The average molecular weight is 309 g/mol. The van der Waals surface area contributed by atoms with Gasteiger partial charge in [-0.15, -0.1) is 11.3 Å². The maximum atomic E-state index is 11.8. The van der Waals surface area contributed by atoms with E-state index >= 15 is 0 Å². The second-order valence-corrected chi connectivity index (χ2v) is 6.88. The number of hydrogen-bond donors (Lipinski definition) is 2. The van der Waals surface area contributed by atoms with E-state index in [1.807, 2.05) is 20.8 Å². The van der Waals surface area contributed by atoms with Gasteiger partial charge in [-0.05, 0) is 49.6 Å². The zero-order valence-electron chi connectivity index (χ0n) is 11.9. The summed E-state index contributed by atoms with van der Waals surface area (Å²) in [6, 6.07) is 2.06. The molecule has 0 aliphatic rings. The monoisotopic (exact) mass is 309 g/mol. The molecule has 0 aliphatic heterocycles. The molecular formula is C14H19N3OS2. The van der Waals surface area contributed by atoms with Crippen LogP contribution in [0.3, 0.4) is 0 Å². The van der Waals surface area contributed by atoms with Crippen LogP contribution in [0.4, 0.5) is 4.79 Å². The molecule has 0 saturated heterocycles. The minimum absolute atomic E-state index is 0.115. The second-order valence-electron chi connectivity index (χ2n) is 4.81. The second kappa shape index (κ2) is 6.85. The third kappa shape index (κ3) is 4.31. The van der Waals surface area contributed by atoms with Crippen LogP contribution >= 0.6 is 22.7 Å². The number of carbonyl (C=O) groups is 1. The van der Waals surface area contributed by atoms with Gasteiger partial charge in [0.05, 0.1) is 12.2 Å². The first-order chi connectivity index (χ1) is 9.54. The first-order valence-electron chi connectivity index (χ1n) is 6.53. The molecule has 2 N–H and O–H groups in total. The Labute approximate surface area is 127 Å². The van der Waals surface area contributed by atoms with Crippen LogP contribution in [0.2, 0.25) is 0 Å². The van der Waals surface area contributed by atoms with Crippen LogP contribution in [0.1, 0.15) is 28.1 Å². The van der Waals surface area contributed by atoms with Crippen molar-refractivity contribution in [3.63, 3.8) is 0 Å². The summed E-state index contributed by atoms with van der Waals surface area (Å²) in [5, 5.41) is 10.9. The van der Waals surface area contributed by atoms with E-state index in [4.69, 9.17) is 0 Å². The zero-order chi connectivity index (χ0) is 14.5. The molecule has 0 bridgehead atoms. The lowest BCUT2D eigenvalue weighted by Gasteiger charge is -2.13. The molecule has 0 radical (unpaired) electrons. The fraction of sp³-hybridized carbons (Fsp3) is 0.429. The number of urea groups is 1. The van der Waals surface area contributed by atoms with Crippen molar-refractivity contribution in [2.24, 2.45) is 0 Å². The number of aromatic nitrogens is 1. The maximum absolute atomic E-state index is 11.8. The summed E-state index contributed by atoms with van der Waals surface area (Å²) in [5.41, 5.74) is 2.30. The third-order valence-electron chi connectivity index (χ3n) is 2.97. The van der Waals surface area contributed by atoms with Gasteiger partial charge < -0.3 is 10.6 Å². The summed E-state index contributed by atoms with van der Waals surface area (Å²) in [6.45, 7) is 6.52. The smallest absolute Gasteiger partial charge is 0.315 e. The lowest BCUT2D eigenvalue weighted by Crippen LogP contribution is -2.41. The van der Waals surface area contributed by atoms with E-state index in [1.54, 1.807) is 22.7 Å². The zero-order valence-corrected chi connectivity index (χ0v) is 13.5. The molecule has 0 fully saturated rings. The van der Waals surface area contributed by atoms with E-state index in [0.717, 1.165) is 17.1 Å². The molecule has 4 nitrogen and oxygen atoms in total. The minimum atomic E-state index is -0.141. The number of thiazole rings is 1. The van der Waals surface area contributed by atoms with Gasteiger partial charge in [0.25, 0.3) is 0 Å². The number of nitrogens with one attached hydrogen (secondary N) is 2. The van der Waals surface area contributed by atoms with E-state index in [1.165, 1.54) is 10.4 Å². The van der Waals surface area contributed by atoms with Gasteiger partial charge in [-0.2, -0.15) is 11.3 Å². The highest BCUT2D eigenvalue weighted by Crippen LogP contribution is 2.15. The summed E-state index contributed by atoms with van der Waals surface area (Å²) >= 11 is 3.30. The summed E-state index contributed by atoms with van der Waals surface area (Å²) in [5.74, 6) is 0. The first-order valence-corrected chi connectivity index (χ1v) is 8.29. The molecule has 2 rings (SSSR count). The van der Waals surface area contributed by atoms with Crippen LogP contribution in [-0.4, -0.2) is 17.1 Å². The molecule has 108 valence electrons. The Morgan fingerprint density at radius 3 is 2.85 bits per heavy atom. The summed E-state index contributed by atoms with van der Waals surface area (Å²) in [7, 11) is 0. The highest BCUT2D eigenvalue weighted by Gasteiger charge is 2.09. The Kier molecular flexibility index (Phi) is 5.14. The Balaban J connectivity index is 1.74. The van der Waals surface area contributed by atoms with Gasteiger partial charge in [0.1, 0.15) is 5.01 Å². The summed E-state index contributed by atoms with van der Waals surface area (Å²) in [6.07, 6.45) is 0.854. The number of thiophene rings is 1. The standard InChI is InChI=1S/C14H19N3OS2/c1-9(6-12-4-5-19-8-12)16-14(18)15-7-13-17-10(2)11(3)20-13/h4-5,8-9H,6-7H2,1-3H3,(H2,15,16,18). The normalized spacial score (nSPS) is 12.2. The van der Waals surface area contributed by atoms with Crippen molar-refractivity contribution in [1.82, 2.24) is 15.6 Å². The van der Waals surface area contributed by atoms with Crippen molar-refractivity contribution < 1.29 is 4.79 Å². The van der Waals surface area contributed by atoms with E-state index in [2.05, 4.69) is 32.4 Å². The molecule has 2 amide bonds. The topological polar surface area (TPSA) is 54.0 Å². The quantitative estimate of drug-likeness (QED) is 0.891. The largest absolute Gasteiger partial charge is 0.335 e. The lowest BCUT2D eigenvalue weighted by molar-refractivity contribution is 0.237. The lowest BCUT2D eigenvalue weighted by atomic mass is 10.1. The molecule has 6 heteroatoms. The highest BCUT2D eigenvalue weighted by molar-refractivity contribution is 7.11. The minimum Gasteiger partial charge on any atom is -0.335 e. The van der Waals surface area contributed by atoms with Crippen LogP contribution in [-0.2, 0) is 13.0 Å². The average Bonchev–Trinajstić information content (AvgIpc) is 2.98. The Morgan fingerprint density at radius 1 is 1.45 bits per heavy atom. The van der Waals surface area contributed by atoms with Gasteiger partial charge in [-0.25, -0.2) is 9.78 Å². The molecule has 2 heterocycles. The summed E-state index contributed by atoms with van der Waals surface area (Å²) in [4.78, 5) is 17.4. The predicted molar refractivity (Wildman–Crippen MR) is 84.4 cm³/mol. The molecule has 0 aromatic carbocycles. The van der Waals surface area contributed by atoms with Gasteiger partial charge in [0, 0.05) is 10.9 Å². The fourth-order valence-corrected chi connectivity index (χ4v) is 3.41. The van der Waals surface area contributed by atoms with E-state index in [-0.39, 0.29) is 12.1 Å². The predicted octanol–water partition coefficient (Wildman–Crippen LogP) is 3.25. The molecule has 0 saturated carbocycles. The fourth-order valence-electron chi connectivity index (χ4n) is 1.86. The number of hydrogen-bond acceptors (Lipinski definition) is 4. The van der Waals surface area contributed by atoms with Crippen LogP contribution in [0, 0.1) is 13.8 Å². The number of amides is 2. The molecule has 20 heavy (non-hydrogen) atoms. The first kappa shape index (κ1) is 15.0. The van der Waals surface area contributed by atoms with E-state index in [9.17, 15) is 4.79 Å². The van der Waals surface area contributed by atoms with Crippen LogP contribution in [0.5, 0.6) is 0 Å². The van der Waals surface area contributed by atoms with Crippen molar-refractivity contribution in [2.75, 3.05) is 0 Å². The van der Waals surface area contributed by atoms with Crippen molar-refractivity contribution in [3.05, 3.63) is 38.0 Å². The van der Waals surface area contributed by atoms with Crippen LogP contribution < -0.4 is 10.6 Å². The highest BCUT2D eigenvalue weighted by atomic mass is 32.1. The van der Waals surface area contributed by atoms with Gasteiger partial charge in [0.15, 0.2) is 0 Å². The van der Waals surface area contributed by atoms with E-state index in [0.29, 0.717) is 6.54 Å². The van der Waals surface area contributed by atoms with Crippen LogP contribution in [0.15, 0.2) is 16.8 Å². The van der Waals surface area contributed by atoms with Gasteiger partial charge in [0.2, 0.25) is 0 Å². The number of rotatable bonds is 5. The number of nitrogens with zero attached hydrogens (tertiary/aromatic N) is 1. The van der Waals surface area contributed by atoms with Gasteiger partial charge in [-0.1, -0.05) is 0 Å². The number of aryl methyl sites for hydroxylation is 2. The maximum Gasteiger partial charge on any atom is 0.315 e. The molecule has 0 spiro atoms. The molecule has 1 atom stereocenters.